The molecule has 0 aliphatic heterocycles. The van der Waals surface area contributed by atoms with E-state index in [-0.39, 0.29) is 24.4 Å². The number of para-hydroxylation sites is 2. The van der Waals surface area contributed by atoms with Gasteiger partial charge in [0.1, 0.15) is 5.75 Å². The van der Waals surface area contributed by atoms with Gasteiger partial charge in [0, 0.05) is 17.3 Å². The minimum absolute atomic E-state index is 0.0676. The quantitative estimate of drug-likeness (QED) is 0.526. The number of hydrogen-bond acceptors (Lipinski definition) is 4. The van der Waals surface area contributed by atoms with Gasteiger partial charge in [0.05, 0.1) is 19.3 Å². The first-order valence-corrected chi connectivity index (χ1v) is 9.69. The molecule has 1 atom stereocenters. The van der Waals surface area contributed by atoms with Crippen LogP contribution < -0.4 is 20.7 Å². The summed E-state index contributed by atoms with van der Waals surface area (Å²) in [5, 5.41) is 8.85. The molecule has 2 amide bonds. The normalized spacial score (nSPS) is 11.4. The molecule has 3 N–H and O–H groups in total. The summed E-state index contributed by atoms with van der Waals surface area (Å²) in [5.74, 6) is 0.187. The molecule has 6 heteroatoms. The second kappa shape index (κ2) is 10.2. The van der Waals surface area contributed by atoms with Crippen LogP contribution in [0.25, 0.3) is 0 Å². The summed E-state index contributed by atoms with van der Waals surface area (Å²) >= 11 is 0. The van der Waals surface area contributed by atoms with Crippen molar-refractivity contribution >= 4 is 23.2 Å². The van der Waals surface area contributed by atoms with Gasteiger partial charge in [-0.3, -0.25) is 9.59 Å². The second-order valence-electron chi connectivity index (χ2n) is 6.79. The molecule has 3 aromatic rings. The Labute approximate surface area is 176 Å². The molecule has 0 heterocycles. The molecule has 0 spiro atoms. The van der Waals surface area contributed by atoms with Crippen molar-refractivity contribution in [2.75, 3.05) is 24.3 Å². The monoisotopic (exact) mass is 403 g/mol. The minimum atomic E-state index is -0.254. The van der Waals surface area contributed by atoms with Crippen LogP contribution >= 0.6 is 0 Å². The summed E-state index contributed by atoms with van der Waals surface area (Å²) in [6.45, 7) is 2.20. The largest absolute Gasteiger partial charge is 0.495 e. The van der Waals surface area contributed by atoms with Crippen molar-refractivity contribution in [3.05, 3.63) is 90.0 Å². The molecule has 0 aromatic heterocycles. The molecule has 0 radical (unpaired) electrons. The lowest BCUT2D eigenvalue weighted by Crippen LogP contribution is -2.30. The van der Waals surface area contributed by atoms with Gasteiger partial charge in [0.25, 0.3) is 5.91 Å². The number of ether oxygens (including phenoxy) is 1. The highest BCUT2D eigenvalue weighted by molar-refractivity contribution is 6.05. The van der Waals surface area contributed by atoms with Crippen LogP contribution in [0.5, 0.6) is 5.75 Å². The number of methoxy groups -OCH3 is 1. The standard InChI is InChI=1S/C24H25N3O3/c1-17(18-8-4-3-5-9-18)25-16-23(28)26-20-14-12-19(13-15-20)24(29)27-21-10-6-7-11-22(21)30-2/h3-15,17,25H,16H2,1-2H3,(H,26,28)(H,27,29)/t17-/m0/s1. The summed E-state index contributed by atoms with van der Waals surface area (Å²) in [6, 6.07) is 24.0. The van der Waals surface area contributed by atoms with E-state index >= 15 is 0 Å². The molecule has 154 valence electrons. The van der Waals surface area contributed by atoms with Gasteiger partial charge in [-0.2, -0.15) is 0 Å². The van der Waals surface area contributed by atoms with Gasteiger partial charge in [0.2, 0.25) is 5.91 Å². The number of anilines is 2. The van der Waals surface area contributed by atoms with E-state index in [1.165, 1.54) is 0 Å². The molecule has 0 aliphatic carbocycles. The van der Waals surface area contributed by atoms with Crippen LogP contribution in [-0.4, -0.2) is 25.5 Å². The lowest BCUT2D eigenvalue weighted by atomic mass is 10.1. The van der Waals surface area contributed by atoms with E-state index in [1.807, 2.05) is 49.4 Å². The SMILES string of the molecule is COc1ccccc1NC(=O)c1ccc(NC(=O)CN[C@@H](C)c2ccccc2)cc1. The third-order valence-electron chi connectivity index (χ3n) is 4.65. The van der Waals surface area contributed by atoms with Gasteiger partial charge < -0.3 is 20.7 Å². The van der Waals surface area contributed by atoms with Crippen LogP contribution in [0.3, 0.4) is 0 Å². The van der Waals surface area contributed by atoms with Gasteiger partial charge in [0.15, 0.2) is 0 Å². The van der Waals surface area contributed by atoms with Gasteiger partial charge >= 0.3 is 0 Å². The maximum Gasteiger partial charge on any atom is 0.255 e. The molecule has 0 aliphatic rings. The third-order valence-corrected chi connectivity index (χ3v) is 4.65. The molecular formula is C24H25N3O3. The lowest BCUT2D eigenvalue weighted by molar-refractivity contribution is -0.115. The average molecular weight is 403 g/mol. The van der Waals surface area contributed by atoms with Crippen LogP contribution in [0.15, 0.2) is 78.9 Å². The van der Waals surface area contributed by atoms with Crippen LogP contribution in [0.4, 0.5) is 11.4 Å². The number of nitrogens with one attached hydrogen (secondary N) is 3. The van der Waals surface area contributed by atoms with E-state index in [1.54, 1.807) is 43.5 Å². The molecular weight excluding hydrogens is 378 g/mol. The highest BCUT2D eigenvalue weighted by Crippen LogP contribution is 2.23. The number of carbonyl (C=O) groups is 2. The first-order valence-electron chi connectivity index (χ1n) is 9.69. The summed E-state index contributed by atoms with van der Waals surface area (Å²) in [4.78, 5) is 24.7. The highest BCUT2D eigenvalue weighted by Gasteiger charge is 2.11. The third kappa shape index (κ3) is 5.68. The van der Waals surface area contributed by atoms with E-state index < -0.39 is 0 Å². The van der Waals surface area contributed by atoms with E-state index in [0.717, 1.165) is 5.56 Å². The zero-order chi connectivity index (χ0) is 21.3. The van der Waals surface area contributed by atoms with Gasteiger partial charge in [-0.15, -0.1) is 0 Å². The molecule has 3 rings (SSSR count). The Morgan fingerprint density at radius 3 is 2.23 bits per heavy atom. The predicted octanol–water partition coefficient (Wildman–Crippen LogP) is 4.24. The summed E-state index contributed by atoms with van der Waals surface area (Å²) < 4.78 is 5.24. The van der Waals surface area contributed by atoms with E-state index in [0.29, 0.717) is 22.7 Å². The Morgan fingerprint density at radius 2 is 1.53 bits per heavy atom. The number of hydrogen-bond donors (Lipinski definition) is 3. The zero-order valence-corrected chi connectivity index (χ0v) is 17.0. The van der Waals surface area contributed by atoms with Gasteiger partial charge in [-0.05, 0) is 48.9 Å². The van der Waals surface area contributed by atoms with Crippen molar-refractivity contribution in [1.29, 1.82) is 0 Å². The lowest BCUT2D eigenvalue weighted by Gasteiger charge is -2.14. The number of amides is 2. The zero-order valence-electron chi connectivity index (χ0n) is 17.0. The number of rotatable bonds is 8. The maximum absolute atomic E-state index is 12.5. The Morgan fingerprint density at radius 1 is 0.867 bits per heavy atom. The van der Waals surface area contributed by atoms with Crippen molar-refractivity contribution in [2.24, 2.45) is 0 Å². The topological polar surface area (TPSA) is 79.5 Å². The number of benzene rings is 3. The van der Waals surface area contributed by atoms with Crippen molar-refractivity contribution in [2.45, 2.75) is 13.0 Å². The Bertz CT molecular complexity index is 988. The van der Waals surface area contributed by atoms with Crippen LogP contribution in [-0.2, 0) is 4.79 Å². The summed E-state index contributed by atoms with van der Waals surface area (Å²) in [5.41, 5.74) is 2.83. The van der Waals surface area contributed by atoms with E-state index in [2.05, 4.69) is 16.0 Å². The van der Waals surface area contributed by atoms with Gasteiger partial charge in [-0.1, -0.05) is 42.5 Å². The van der Waals surface area contributed by atoms with Crippen molar-refractivity contribution in [3.8, 4) is 5.75 Å². The Kier molecular flexibility index (Phi) is 7.19. The van der Waals surface area contributed by atoms with Crippen LogP contribution in [0, 0.1) is 0 Å². The van der Waals surface area contributed by atoms with Crippen molar-refractivity contribution < 1.29 is 14.3 Å². The molecule has 6 nitrogen and oxygen atoms in total. The molecule has 0 unspecified atom stereocenters. The fourth-order valence-corrected chi connectivity index (χ4v) is 2.96. The first kappa shape index (κ1) is 21.1. The first-order chi connectivity index (χ1) is 14.6. The molecule has 0 saturated carbocycles. The Balaban J connectivity index is 1.52. The summed E-state index contributed by atoms with van der Waals surface area (Å²) in [7, 11) is 1.55. The van der Waals surface area contributed by atoms with Crippen LogP contribution in [0.2, 0.25) is 0 Å². The predicted molar refractivity (Wildman–Crippen MR) is 119 cm³/mol. The van der Waals surface area contributed by atoms with E-state index in [9.17, 15) is 9.59 Å². The van der Waals surface area contributed by atoms with Gasteiger partial charge in [-0.25, -0.2) is 0 Å². The molecule has 3 aromatic carbocycles. The highest BCUT2D eigenvalue weighted by atomic mass is 16.5. The van der Waals surface area contributed by atoms with Crippen LogP contribution in [0.1, 0.15) is 28.9 Å². The molecule has 0 saturated heterocycles. The summed E-state index contributed by atoms with van der Waals surface area (Å²) in [6.07, 6.45) is 0. The maximum atomic E-state index is 12.5. The van der Waals surface area contributed by atoms with Crippen molar-refractivity contribution in [3.63, 3.8) is 0 Å². The fraction of sp³-hybridized carbons (Fsp3) is 0.167. The second-order valence-corrected chi connectivity index (χ2v) is 6.79. The average Bonchev–Trinajstić information content (AvgIpc) is 2.79. The molecule has 0 bridgehead atoms. The fourth-order valence-electron chi connectivity index (χ4n) is 2.96. The Hall–Kier alpha value is -3.64. The van der Waals surface area contributed by atoms with E-state index in [4.69, 9.17) is 4.74 Å². The number of carbonyl (C=O) groups excluding carboxylic acids is 2. The molecule has 0 fully saturated rings. The molecule has 30 heavy (non-hydrogen) atoms. The smallest absolute Gasteiger partial charge is 0.255 e. The minimum Gasteiger partial charge on any atom is -0.495 e. The van der Waals surface area contributed by atoms with Crippen molar-refractivity contribution in [1.82, 2.24) is 5.32 Å².